The van der Waals surface area contributed by atoms with Crippen LogP contribution in [0.5, 0.6) is 46.0 Å². The first kappa shape index (κ1) is 24.0. The predicted molar refractivity (Wildman–Crippen MR) is 137 cm³/mol. The van der Waals surface area contributed by atoms with Crippen molar-refractivity contribution in [2.45, 2.75) is 30.1 Å². The molecule has 0 saturated heterocycles. The standard InChI is InChI=1S/C30H22O10/c31-15-5-1-13(2-6-15)26-21(36)11-18-19(34)12-23-25(27(18)40-26)30(29(37)39-23)24-20(35)9-17(33)10-22(24)38-28(30)14-3-7-16(32)8-4-14/h1-10,12,21,26,28,31-36H,11H2/t21-,26+,28+,30+/m0/s1. The summed E-state index contributed by atoms with van der Waals surface area (Å²) in [4.78, 5) is 14.0. The summed E-state index contributed by atoms with van der Waals surface area (Å²) in [6.45, 7) is 0. The number of hydrogen-bond acceptors (Lipinski definition) is 10. The Kier molecular flexibility index (Phi) is 4.92. The average molecular weight is 542 g/mol. The lowest BCUT2D eigenvalue weighted by molar-refractivity contribution is -0.139. The molecule has 0 saturated carbocycles. The van der Waals surface area contributed by atoms with Crippen molar-refractivity contribution >= 4 is 5.97 Å². The van der Waals surface area contributed by atoms with Gasteiger partial charge in [0.15, 0.2) is 5.41 Å². The SMILES string of the molecule is O=C1Oc2cc(O)c3c(c2[C@@]12c1c(O)cc(O)cc1O[C@@H]2c1ccc(O)cc1)O[C@H](c1ccc(O)cc1)[C@@H](O)C3. The van der Waals surface area contributed by atoms with Gasteiger partial charge in [0, 0.05) is 30.2 Å². The van der Waals surface area contributed by atoms with E-state index >= 15 is 0 Å². The highest BCUT2D eigenvalue weighted by Gasteiger charge is 2.66. The largest absolute Gasteiger partial charge is 0.508 e. The van der Waals surface area contributed by atoms with Gasteiger partial charge in [-0.1, -0.05) is 24.3 Å². The van der Waals surface area contributed by atoms with E-state index in [9.17, 15) is 35.4 Å². The van der Waals surface area contributed by atoms with E-state index in [1.54, 1.807) is 24.3 Å². The Morgan fingerprint density at radius 2 is 1.35 bits per heavy atom. The molecule has 4 atom stereocenters. The molecule has 0 aliphatic carbocycles. The number of rotatable bonds is 2. The Morgan fingerprint density at radius 3 is 2.02 bits per heavy atom. The van der Waals surface area contributed by atoms with Crippen molar-refractivity contribution in [3.63, 3.8) is 0 Å². The van der Waals surface area contributed by atoms with E-state index in [0.717, 1.165) is 6.07 Å². The van der Waals surface area contributed by atoms with E-state index < -0.39 is 35.4 Å². The molecule has 10 heteroatoms. The van der Waals surface area contributed by atoms with Crippen molar-refractivity contribution in [3.8, 4) is 46.0 Å². The maximum absolute atomic E-state index is 14.0. The lowest BCUT2D eigenvalue weighted by Crippen LogP contribution is -2.40. The zero-order valence-corrected chi connectivity index (χ0v) is 20.6. The van der Waals surface area contributed by atoms with Gasteiger partial charge in [-0.15, -0.1) is 0 Å². The van der Waals surface area contributed by atoms with Gasteiger partial charge in [-0.3, -0.25) is 4.79 Å². The fourth-order valence-electron chi connectivity index (χ4n) is 6.06. The predicted octanol–water partition coefficient (Wildman–Crippen LogP) is 3.59. The molecule has 0 radical (unpaired) electrons. The number of hydrogen-bond donors (Lipinski definition) is 6. The van der Waals surface area contributed by atoms with Crippen LogP contribution in [0.15, 0.2) is 66.7 Å². The first-order chi connectivity index (χ1) is 19.2. The van der Waals surface area contributed by atoms with Crippen LogP contribution < -0.4 is 14.2 Å². The average Bonchev–Trinajstić information content (AvgIpc) is 3.40. The van der Waals surface area contributed by atoms with Crippen molar-refractivity contribution in [1.82, 2.24) is 0 Å². The van der Waals surface area contributed by atoms with Gasteiger partial charge in [-0.2, -0.15) is 0 Å². The van der Waals surface area contributed by atoms with Crippen LogP contribution in [-0.4, -0.2) is 42.7 Å². The molecular weight excluding hydrogens is 520 g/mol. The van der Waals surface area contributed by atoms with Gasteiger partial charge in [0.2, 0.25) is 0 Å². The maximum Gasteiger partial charge on any atom is 0.331 e. The normalized spacial score (nSPS) is 24.0. The highest BCUT2D eigenvalue weighted by molar-refractivity contribution is 6.00. The third-order valence-electron chi connectivity index (χ3n) is 7.77. The van der Waals surface area contributed by atoms with Crippen molar-refractivity contribution < 1.29 is 49.6 Å². The number of carbonyl (C=O) groups excluding carboxylic acids is 1. The molecule has 3 aliphatic heterocycles. The number of benzene rings is 4. The summed E-state index contributed by atoms with van der Waals surface area (Å²) in [6, 6.07) is 15.7. The molecular formula is C30H22O10. The first-order valence-electron chi connectivity index (χ1n) is 12.5. The second-order valence-electron chi connectivity index (χ2n) is 10.1. The molecule has 3 heterocycles. The van der Waals surface area contributed by atoms with Gasteiger partial charge in [0.25, 0.3) is 0 Å². The van der Waals surface area contributed by atoms with E-state index in [4.69, 9.17) is 14.2 Å². The van der Waals surface area contributed by atoms with Crippen LogP contribution in [0.2, 0.25) is 0 Å². The summed E-state index contributed by atoms with van der Waals surface area (Å²) in [5, 5.41) is 62.8. The molecule has 6 N–H and O–H groups in total. The Balaban J connectivity index is 1.51. The number of esters is 1. The highest BCUT2D eigenvalue weighted by Crippen LogP contribution is 2.66. The molecule has 0 amide bonds. The molecule has 40 heavy (non-hydrogen) atoms. The summed E-state index contributed by atoms with van der Waals surface area (Å²) in [5.41, 5.74) is -0.410. The molecule has 0 aromatic heterocycles. The number of ether oxygens (including phenoxy) is 3. The Bertz CT molecular complexity index is 1700. The fraction of sp³-hybridized carbons (Fsp3) is 0.167. The molecule has 202 valence electrons. The minimum Gasteiger partial charge on any atom is -0.508 e. The van der Waals surface area contributed by atoms with Crippen molar-refractivity contribution in [3.05, 3.63) is 94.5 Å². The molecule has 4 aromatic carbocycles. The number of aromatic hydroxyl groups is 5. The van der Waals surface area contributed by atoms with Crippen molar-refractivity contribution in [2.75, 3.05) is 0 Å². The maximum atomic E-state index is 14.0. The van der Waals surface area contributed by atoms with Gasteiger partial charge in [-0.25, -0.2) is 0 Å². The van der Waals surface area contributed by atoms with Crippen LogP contribution in [0.1, 0.15) is 40.0 Å². The van der Waals surface area contributed by atoms with Crippen LogP contribution in [-0.2, 0) is 16.6 Å². The van der Waals surface area contributed by atoms with Crippen LogP contribution in [0.3, 0.4) is 0 Å². The summed E-state index contributed by atoms with van der Waals surface area (Å²) in [5.74, 6) is -1.67. The minimum absolute atomic E-state index is 0.0143. The smallest absolute Gasteiger partial charge is 0.331 e. The number of aliphatic hydroxyl groups is 1. The molecule has 0 unspecified atom stereocenters. The van der Waals surface area contributed by atoms with E-state index in [1.165, 1.54) is 36.4 Å². The van der Waals surface area contributed by atoms with Gasteiger partial charge in [-0.05, 0) is 35.4 Å². The number of aliphatic hydroxyl groups excluding tert-OH is 1. The zero-order chi connectivity index (χ0) is 27.9. The third-order valence-corrected chi connectivity index (χ3v) is 7.77. The summed E-state index contributed by atoms with van der Waals surface area (Å²) >= 11 is 0. The molecule has 7 rings (SSSR count). The lowest BCUT2D eigenvalue weighted by atomic mass is 9.69. The van der Waals surface area contributed by atoms with Crippen LogP contribution in [0.25, 0.3) is 0 Å². The topological polar surface area (TPSA) is 166 Å². The lowest BCUT2D eigenvalue weighted by Gasteiger charge is -2.35. The second-order valence-corrected chi connectivity index (χ2v) is 10.1. The molecule has 10 nitrogen and oxygen atoms in total. The molecule has 4 aromatic rings. The summed E-state index contributed by atoms with van der Waals surface area (Å²) < 4.78 is 18.3. The van der Waals surface area contributed by atoms with E-state index in [0.29, 0.717) is 11.1 Å². The summed E-state index contributed by atoms with van der Waals surface area (Å²) in [6.07, 6.45) is -3.20. The quantitative estimate of drug-likeness (QED) is 0.163. The third kappa shape index (κ3) is 3.16. The highest BCUT2D eigenvalue weighted by atomic mass is 16.6. The summed E-state index contributed by atoms with van der Waals surface area (Å²) in [7, 11) is 0. The van der Waals surface area contributed by atoms with Crippen molar-refractivity contribution in [2.24, 2.45) is 0 Å². The van der Waals surface area contributed by atoms with E-state index in [1.807, 2.05) is 0 Å². The number of carbonyl (C=O) groups is 1. The number of phenols is 5. The van der Waals surface area contributed by atoms with Crippen LogP contribution in [0, 0.1) is 0 Å². The minimum atomic E-state index is -1.85. The number of fused-ring (bicyclic) bond motifs is 6. The van der Waals surface area contributed by atoms with Crippen LogP contribution >= 0.6 is 0 Å². The fourth-order valence-corrected chi connectivity index (χ4v) is 6.06. The van der Waals surface area contributed by atoms with Gasteiger partial charge in [0.05, 0.1) is 17.2 Å². The molecule has 0 bridgehead atoms. The van der Waals surface area contributed by atoms with Crippen LogP contribution in [0.4, 0.5) is 0 Å². The second kappa shape index (κ2) is 8.20. The Labute approximate surface area is 226 Å². The van der Waals surface area contributed by atoms with Gasteiger partial charge < -0.3 is 44.8 Å². The number of phenolic OH excluding ortho intramolecular Hbond substituents is 5. The van der Waals surface area contributed by atoms with E-state index in [2.05, 4.69) is 0 Å². The first-order valence-corrected chi connectivity index (χ1v) is 12.5. The van der Waals surface area contributed by atoms with Crippen molar-refractivity contribution in [1.29, 1.82) is 0 Å². The monoisotopic (exact) mass is 542 g/mol. The molecule has 3 aliphatic rings. The van der Waals surface area contributed by atoms with Gasteiger partial charge >= 0.3 is 5.97 Å². The Morgan fingerprint density at radius 1 is 0.700 bits per heavy atom. The zero-order valence-electron chi connectivity index (χ0n) is 20.6. The Hall–Kier alpha value is -5.09. The molecule has 0 fully saturated rings. The van der Waals surface area contributed by atoms with E-state index in [-0.39, 0.29) is 63.4 Å². The van der Waals surface area contributed by atoms with Gasteiger partial charge in [0.1, 0.15) is 58.2 Å². The molecule has 1 spiro atoms.